The first-order valence-corrected chi connectivity index (χ1v) is 6.92. The van der Waals surface area contributed by atoms with Gasteiger partial charge in [-0.1, -0.05) is 12.1 Å². The lowest BCUT2D eigenvalue weighted by atomic mass is 10.1. The first kappa shape index (κ1) is 13.4. The maximum atomic E-state index is 5.69. The number of ether oxygens (including phenoxy) is 2. The summed E-state index contributed by atoms with van der Waals surface area (Å²) in [6, 6.07) is 8.26. The van der Waals surface area contributed by atoms with E-state index in [4.69, 9.17) is 9.47 Å². The van der Waals surface area contributed by atoms with Crippen LogP contribution < -0.4 is 10.1 Å². The first-order valence-electron chi connectivity index (χ1n) is 6.92. The number of rotatable bonds is 6. The third kappa shape index (κ3) is 4.31. The van der Waals surface area contributed by atoms with Gasteiger partial charge in [-0.15, -0.1) is 0 Å². The van der Waals surface area contributed by atoms with E-state index in [2.05, 4.69) is 17.4 Å². The molecule has 0 bridgehead atoms. The molecule has 1 aromatic rings. The highest BCUT2D eigenvalue weighted by molar-refractivity contribution is 5.28. The summed E-state index contributed by atoms with van der Waals surface area (Å²) in [6.45, 7) is 5.46. The number of nitrogens with one attached hydrogen (secondary N) is 1. The summed E-state index contributed by atoms with van der Waals surface area (Å²) >= 11 is 0. The second-order valence-electron chi connectivity index (χ2n) is 4.70. The molecule has 3 heteroatoms. The van der Waals surface area contributed by atoms with Crippen molar-refractivity contribution in [1.29, 1.82) is 0 Å². The van der Waals surface area contributed by atoms with Crippen LogP contribution in [-0.4, -0.2) is 25.9 Å². The van der Waals surface area contributed by atoms with Gasteiger partial charge in [-0.2, -0.15) is 0 Å². The van der Waals surface area contributed by atoms with Crippen LogP contribution in [0.1, 0.15) is 31.7 Å². The van der Waals surface area contributed by atoms with Crippen molar-refractivity contribution in [3.05, 3.63) is 29.8 Å². The smallest absolute Gasteiger partial charge is 0.119 e. The average molecular weight is 249 g/mol. The summed E-state index contributed by atoms with van der Waals surface area (Å²) in [7, 11) is 0. The van der Waals surface area contributed by atoms with Gasteiger partial charge in [-0.05, 0) is 43.9 Å². The summed E-state index contributed by atoms with van der Waals surface area (Å²) in [5.41, 5.74) is 1.26. The molecular formula is C15H23NO2. The third-order valence-electron chi connectivity index (χ3n) is 3.18. The molecule has 1 saturated heterocycles. The molecule has 0 aliphatic carbocycles. The third-order valence-corrected chi connectivity index (χ3v) is 3.18. The molecule has 1 N–H and O–H groups in total. The highest BCUT2D eigenvalue weighted by Crippen LogP contribution is 2.14. The van der Waals surface area contributed by atoms with E-state index in [1.54, 1.807) is 0 Å². The number of benzene rings is 1. The Hall–Kier alpha value is -1.06. The van der Waals surface area contributed by atoms with Crippen molar-refractivity contribution in [3.63, 3.8) is 0 Å². The normalized spacial score (nSPS) is 19.7. The molecule has 1 aliphatic heterocycles. The lowest BCUT2D eigenvalue weighted by Crippen LogP contribution is -2.31. The molecule has 1 aliphatic rings. The molecule has 1 fully saturated rings. The fourth-order valence-corrected chi connectivity index (χ4v) is 2.26. The van der Waals surface area contributed by atoms with Gasteiger partial charge in [0.25, 0.3) is 0 Å². The highest BCUT2D eigenvalue weighted by atomic mass is 16.5. The van der Waals surface area contributed by atoms with Crippen LogP contribution in [0.4, 0.5) is 0 Å². The van der Waals surface area contributed by atoms with E-state index in [1.807, 2.05) is 19.1 Å². The largest absolute Gasteiger partial charge is 0.494 e. The minimum absolute atomic E-state index is 0.397. The molecule has 2 rings (SSSR count). The van der Waals surface area contributed by atoms with Gasteiger partial charge in [-0.25, -0.2) is 0 Å². The van der Waals surface area contributed by atoms with Crippen LogP contribution in [0.25, 0.3) is 0 Å². The molecule has 1 aromatic carbocycles. The van der Waals surface area contributed by atoms with Crippen LogP contribution in [0.15, 0.2) is 24.3 Å². The van der Waals surface area contributed by atoms with E-state index in [-0.39, 0.29) is 0 Å². The number of hydrogen-bond donors (Lipinski definition) is 1. The molecule has 1 atom stereocenters. The maximum Gasteiger partial charge on any atom is 0.119 e. The van der Waals surface area contributed by atoms with E-state index >= 15 is 0 Å². The molecule has 1 unspecified atom stereocenters. The Morgan fingerprint density at radius 2 is 2.33 bits per heavy atom. The van der Waals surface area contributed by atoms with Gasteiger partial charge in [0.05, 0.1) is 12.7 Å². The lowest BCUT2D eigenvalue weighted by molar-refractivity contribution is 0.0168. The van der Waals surface area contributed by atoms with Crippen molar-refractivity contribution in [2.75, 3.05) is 19.8 Å². The van der Waals surface area contributed by atoms with Crippen LogP contribution in [0, 0.1) is 0 Å². The molecule has 0 spiro atoms. The van der Waals surface area contributed by atoms with E-state index < -0.39 is 0 Å². The Bertz CT molecular complexity index is 348. The Kier molecular flexibility index (Phi) is 5.49. The molecule has 1 heterocycles. The molecule has 0 radical (unpaired) electrons. The second kappa shape index (κ2) is 7.39. The molecule has 3 nitrogen and oxygen atoms in total. The molecule has 100 valence electrons. The minimum atomic E-state index is 0.397. The summed E-state index contributed by atoms with van der Waals surface area (Å²) < 4.78 is 11.2. The predicted octanol–water partition coefficient (Wildman–Crippen LogP) is 2.74. The minimum Gasteiger partial charge on any atom is -0.494 e. The average Bonchev–Trinajstić information content (AvgIpc) is 2.41. The lowest BCUT2D eigenvalue weighted by Gasteiger charge is -2.22. The van der Waals surface area contributed by atoms with Crippen LogP contribution in [-0.2, 0) is 11.3 Å². The zero-order valence-electron chi connectivity index (χ0n) is 11.2. The van der Waals surface area contributed by atoms with E-state index in [0.717, 1.165) is 25.4 Å². The van der Waals surface area contributed by atoms with Crippen molar-refractivity contribution in [1.82, 2.24) is 5.32 Å². The van der Waals surface area contributed by atoms with Gasteiger partial charge in [0.15, 0.2) is 0 Å². The van der Waals surface area contributed by atoms with Crippen molar-refractivity contribution >= 4 is 0 Å². The molecular weight excluding hydrogens is 226 g/mol. The Labute approximate surface area is 109 Å². The molecule has 0 saturated carbocycles. The van der Waals surface area contributed by atoms with Gasteiger partial charge in [-0.3, -0.25) is 0 Å². The molecule has 18 heavy (non-hydrogen) atoms. The van der Waals surface area contributed by atoms with Crippen molar-refractivity contribution in [2.45, 2.75) is 38.8 Å². The fourth-order valence-electron chi connectivity index (χ4n) is 2.26. The maximum absolute atomic E-state index is 5.69. The van der Waals surface area contributed by atoms with Crippen molar-refractivity contribution < 1.29 is 9.47 Å². The van der Waals surface area contributed by atoms with Crippen LogP contribution in [0.5, 0.6) is 5.75 Å². The van der Waals surface area contributed by atoms with Crippen LogP contribution in [0.3, 0.4) is 0 Å². The second-order valence-corrected chi connectivity index (χ2v) is 4.70. The summed E-state index contributed by atoms with van der Waals surface area (Å²) in [5, 5.41) is 3.46. The SMILES string of the molecule is CCOc1cccc(CNCC2CCCCO2)c1. The summed E-state index contributed by atoms with van der Waals surface area (Å²) in [4.78, 5) is 0. The number of hydrogen-bond acceptors (Lipinski definition) is 3. The highest BCUT2D eigenvalue weighted by Gasteiger charge is 2.12. The Balaban J connectivity index is 1.73. The Morgan fingerprint density at radius 1 is 1.39 bits per heavy atom. The summed E-state index contributed by atoms with van der Waals surface area (Å²) in [6.07, 6.45) is 4.10. The van der Waals surface area contributed by atoms with Gasteiger partial charge in [0.2, 0.25) is 0 Å². The fraction of sp³-hybridized carbons (Fsp3) is 0.600. The van der Waals surface area contributed by atoms with Crippen molar-refractivity contribution in [2.24, 2.45) is 0 Å². The van der Waals surface area contributed by atoms with Crippen LogP contribution in [0.2, 0.25) is 0 Å². The van der Waals surface area contributed by atoms with E-state index in [0.29, 0.717) is 12.7 Å². The van der Waals surface area contributed by atoms with Gasteiger partial charge in [0.1, 0.15) is 5.75 Å². The zero-order valence-corrected chi connectivity index (χ0v) is 11.2. The van der Waals surface area contributed by atoms with E-state index in [9.17, 15) is 0 Å². The van der Waals surface area contributed by atoms with Crippen molar-refractivity contribution in [3.8, 4) is 5.75 Å². The van der Waals surface area contributed by atoms with E-state index in [1.165, 1.54) is 24.8 Å². The Morgan fingerprint density at radius 3 is 3.11 bits per heavy atom. The summed E-state index contributed by atoms with van der Waals surface area (Å²) in [5.74, 6) is 0.950. The van der Waals surface area contributed by atoms with Gasteiger partial charge >= 0.3 is 0 Å². The van der Waals surface area contributed by atoms with Gasteiger partial charge in [0, 0.05) is 19.7 Å². The van der Waals surface area contributed by atoms with Crippen LogP contribution >= 0.6 is 0 Å². The zero-order chi connectivity index (χ0) is 12.6. The quantitative estimate of drug-likeness (QED) is 0.841. The molecule has 0 amide bonds. The first-order chi connectivity index (χ1) is 8.88. The predicted molar refractivity (Wildman–Crippen MR) is 72.9 cm³/mol. The molecule has 0 aromatic heterocycles. The monoisotopic (exact) mass is 249 g/mol. The van der Waals surface area contributed by atoms with Gasteiger partial charge < -0.3 is 14.8 Å². The standard InChI is InChI=1S/C15H23NO2/c1-2-17-14-8-5-6-13(10-14)11-16-12-15-7-3-4-9-18-15/h5-6,8,10,15-16H,2-4,7,9,11-12H2,1H3. The topological polar surface area (TPSA) is 30.5 Å².